The third-order valence-electron chi connectivity index (χ3n) is 4.37. The zero-order chi connectivity index (χ0) is 13.2. The van der Waals surface area contributed by atoms with Crippen LogP contribution in [0.1, 0.15) is 49.1 Å². The molecule has 2 N–H and O–H groups in total. The molecule has 1 aliphatic carbocycles. The summed E-state index contributed by atoms with van der Waals surface area (Å²) in [7, 11) is 0. The van der Waals surface area contributed by atoms with Crippen molar-refractivity contribution in [1.82, 2.24) is 10.1 Å². The van der Waals surface area contributed by atoms with E-state index in [1.54, 1.807) is 0 Å². The summed E-state index contributed by atoms with van der Waals surface area (Å²) in [5.41, 5.74) is 7.50. The zero-order valence-electron chi connectivity index (χ0n) is 11.2. The first-order valence-corrected chi connectivity index (χ1v) is 7.24. The van der Waals surface area contributed by atoms with Gasteiger partial charge in [-0.2, -0.15) is 0 Å². The first-order chi connectivity index (χ1) is 9.29. The van der Waals surface area contributed by atoms with Crippen LogP contribution >= 0.6 is 0 Å². The smallest absolute Gasteiger partial charge is 0.225 e. The normalized spacial score (nSPS) is 20.4. The summed E-state index contributed by atoms with van der Waals surface area (Å²) in [6, 6.07) is 0. The average Bonchev–Trinajstić information content (AvgIpc) is 2.89. The van der Waals surface area contributed by atoms with E-state index < -0.39 is 0 Å². The molecule has 2 aliphatic rings. The van der Waals surface area contributed by atoms with E-state index in [2.05, 4.69) is 5.16 Å². The van der Waals surface area contributed by atoms with Crippen LogP contribution in [0.25, 0.3) is 0 Å². The maximum Gasteiger partial charge on any atom is 0.225 e. The lowest BCUT2D eigenvalue weighted by atomic mass is 9.88. The van der Waals surface area contributed by atoms with Crippen LogP contribution in [0.2, 0.25) is 0 Å². The van der Waals surface area contributed by atoms with Gasteiger partial charge < -0.3 is 15.2 Å². The first kappa shape index (κ1) is 12.7. The van der Waals surface area contributed by atoms with Gasteiger partial charge >= 0.3 is 0 Å². The Morgan fingerprint density at radius 2 is 2.16 bits per heavy atom. The number of aromatic nitrogens is 1. The number of hydrogen-bond donors (Lipinski definition) is 1. The van der Waals surface area contributed by atoms with Crippen molar-refractivity contribution in [2.24, 2.45) is 11.7 Å². The molecule has 1 saturated carbocycles. The molecule has 1 aromatic rings. The lowest BCUT2D eigenvalue weighted by Crippen LogP contribution is -2.40. The van der Waals surface area contributed by atoms with E-state index >= 15 is 0 Å². The van der Waals surface area contributed by atoms with Gasteiger partial charge in [0.15, 0.2) is 0 Å². The first-order valence-electron chi connectivity index (χ1n) is 7.24. The lowest BCUT2D eigenvalue weighted by molar-refractivity contribution is -0.137. The second-order valence-corrected chi connectivity index (χ2v) is 5.58. The Labute approximate surface area is 113 Å². The Hall–Kier alpha value is -1.36. The van der Waals surface area contributed by atoms with Crippen molar-refractivity contribution in [1.29, 1.82) is 0 Å². The summed E-state index contributed by atoms with van der Waals surface area (Å²) in [5, 5.41) is 3.98. The molecule has 2 heterocycles. The van der Waals surface area contributed by atoms with E-state index in [0.717, 1.165) is 42.8 Å². The van der Waals surface area contributed by atoms with Crippen LogP contribution in [0.5, 0.6) is 0 Å². The minimum Gasteiger partial charge on any atom is -0.361 e. The van der Waals surface area contributed by atoms with Crippen LogP contribution in [-0.2, 0) is 24.3 Å². The molecule has 1 aliphatic heterocycles. The van der Waals surface area contributed by atoms with Crippen LogP contribution in [0.3, 0.4) is 0 Å². The molecule has 3 rings (SSSR count). The highest BCUT2D eigenvalue weighted by atomic mass is 16.5. The number of rotatable bonds is 2. The zero-order valence-corrected chi connectivity index (χ0v) is 11.2. The van der Waals surface area contributed by atoms with Crippen molar-refractivity contribution >= 4 is 5.91 Å². The van der Waals surface area contributed by atoms with Gasteiger partial charge in [0.2, 0.25) is 5.91 Å². The summed E-state index contributed by atoms with van der Waals surface area (Å²) in [6.45, 7) is 1.76. The van der Waals surface area contributed by atoms with Gasteiger partial charge in [-0.25, -0.2) is 0 Å². The minimum absolute atomic E-state index is 0.233. The second-order valence-electron chi connectivity index (χ2n) is 5.58. The van der Waals surface area contributed by atoms with E-state index in [1.165, 1.54) is 19.3 Å². The van der Waals surface area contributed by atoms with Gasteiger partial charge in [0.05, 0.1) is 6.54 Å². The number of hydrogen-bond acceptors (Lipinski definition) is 4. The second kappa shape index (κ2) is 5.33. The molecule has 1 aromatic heterocycles. The third-order valence-corrected chi connectivity index (χ3v) is 4.37. The molecule has 104 valence electrons. The molecule has 5 nitrogen and oxygen atoms in total. The largest absolute Gasteiger partial charge is 0.361 e. The summed E-state index contributed by atoms with van der Waals surface area (Å²) in [5.74, 6) is 1.46. The van der Waals surface area contributed by atoms with E-state index in [9.17, 15) is 4.79 Å². The summed E-state index contributed by atoms with van der Waals surface area (Å²) in [4.78, 5) is 14.5. The predicted octanol–water partition coefficient (Wildman–Crippen LogP) is 1.60. The van der Waals surface area contributed by atoms with E-state index in [-0.39, 0.29) is 5.92 Å². The van der Waals surface area contributed by atoms with Crippen LogP contribution in [-0.4, -0.2) is 22.5 Å². The number of carbonyl (C=O) groups excluding carboxylic acids is 1. The van der Waals surface area contributed by atoms with Gasteiger partial charge in [-0.1, -0.05) is 24.4 Å². The molecule has 0 bridgehead atoms. The van der Waals surface area contributed by atoms with Crippen LogP contribution in [0, 0.1) is 5.92 Å². The van der Waals surface area contributed by atoms with Crippen LogP contribution in [0.4, 0.5) is 0 Å². The Balaban J connectivity index is 1.72. The molecule has 0 spiro atoms. The molecular weight excluding hydrogens is 242 g/mol. The Morgan fingerprint density at radius 1 is 1.37 bits per heavy atom. The fourth-order valence-corrected chi connectivity index (χ4v) is 3.22. The molecule has 0 saturated heterocycles. The number of carbonyl (C=O) groups is 1. The number of nitrogens with zero attached hydrogens (tertiary/aromatic N) is 2. The Morgan fingerprint density at radius 3 is 2.89 bits per heavy atom. The van der Waals surface area contributed by atoms with Crippen molar-refractivity contribution in [2.45, 2.75) is 51.6 Å². The molecule has 19 heavy (non-hydrogen) atoms. The highest BCUT2D eigenvalue weighted by Crippen LogP contribution is 2.28. The van der Waals surface area contributed by atoms with Gasteiger partial charge in [-0.05, 0) is 12.8 Å². The SMILES string of the molecule is NCc1noc2c1CN(C(=O)C1CCCCC1)CC2. The number of nitrogens with two attached hydrogens (primary N) is 1. The van der Waals surface area contributed by atoms with Gasteiger partial charge in [-0.15, -0.1) is 0 Å². The van der Waals surface area contributed by atoms with Gasteiger partial charge in [0.25, 0.3) is 0 Å². The fraction of sp³-hybridized carbons (Fsp3) is 0.714. The van der Waals surface area contributed by atoms with E-state index in [4.69, 9.17) is 10.3 Å². The van der Waals surface area contributed by atoms with Gasteiger partial charge in [-0.3, -0.25) is 4.79 Å². The molecule has 5 heteroatoms. The monoisotopic (exact) mass is 263 g/mol. The highest BCUT2D eigenvalue weighted by molar-refractivity contribution is 5.79. The average molecular weight is 263 g/mol. The van der Waals surface area contributed by atoms with Gasteiger partial charge in [0, 0.05) is 31.0 Å². The molecule has 0 atom stereocenters. The fourth-order valence-electron chi connectivity index (χ4n) is 3.22. The van der Waals surface area contributed by atoms with E-state index in [0.29, 0.717) is 19.0 Å². The van der Waals surface area contributed by atoms with Crippen molar-refractivity contribution in [2.75, 3.05) is 6.54 Å². The Bertz CT molecular complexity index is 450. The summed E-state index contributed by atoms with van der Waals surface area (Å²) < 4.78 is 5.28. The van der Waals surface area contributed by atoms with Crippen molar-refractivity contribution < 1.29 is 9.32 Å². The molecule has 0 radical (unpaired) electrons. The van der Waals surface area contributed by atoms with Crippen molar-refractivity contribution in [3.05, 3.63) is 17.0 Å². The maximum absolute atomic E-state index is 12.5. The third kappa shape index (κ3) is 2.39. The summed E-state index contributed by atoms with van der Waals surface area (Å²) >= 11 is 0. The van der Waals surface area contributed by atoms with Crippen LogP contribution in [0.15, 0.2) is 4.52 Å². The highest BCUT2D eigenvalue weighted by Gasteiger charge is 2.30. The molecule has 0 unspecified atom stereocenters. The molecule has 0 aromatic carbocycles. The number of fused-ring (bicyclic) bond motifs is 1. The summed E-state index contributed by atoms with van der Waals surface area (Å²) in [6.07, 6.45) is 6.52. The molecule has 1 amide bonds. The van der Waals surface area contributed by atoms with E-state index in [1.807, 2.05) is 4.90 Å². The minimum atomic E-state index is 0.233. The van der Waals surface area contributed by atoms with Crippen molar-refractivity contribution in [3.8, 4) is 0 Å². The maximum atomic E-state index is 12.5. The standard InChI is InChI=1S/C14H21N3O2/c15-8-12-11-9-17(7-6-13(11)19-16-12)14(18)10-4-2-1-3-5-10/h10H,1-9,15H2. The Kier molecular flexibility index (Phi) is 3.55. The number of amides is 1. The topological polar surface area (TPSA) is 72.4 Å². The predicted molar refractivity (Wildman–Crippen MR) is 70.1 cm³/mol. The molecular formula is C14H21N3O2. The van der Waals surface area contributed by atoms with Gasteiger partial charge in [0.1, 0.15) is 11.5 Å². The lowest BCUT2D eigenvalue weighted by Gasteiger charge is -2.31. The quantitative estimate of drug-likeness (QED) is 0.879. The van der Waals surface area contributed by atoms with Crippen LogP contribution < -0.4 is 5.73 Å². The molecule has 1 fully saturated rings. The van der Waals surface area contributed by atoms with Crippen molar-refractivity contribution in [3.63, 3.8) is 0 Å².